The number of hydrogen-bond donors (Lipinski definition) is 2. The Morgan fingerprint density at radius 2 is 1.65 bits per heavy atom. The number of anilines is 2. The molecule has 3 aliphatic rings. The molecule has 1 atom stereocenters. The number of carbonyl (C=O) groups is 2. The van der Waals surface area contributed by atoms with Gasteiger partial charge in [0.25, 0.3) is 0 Å². The summed E-state index contributed by atoms with van der Waals surface area (Å²) in [5, 5.41) is 0.507. The average Bonchev–Trinajstić information content (AvgIpc) is 3.79. The molecular weight excluding hydrogens is 729 g/mol. The normalized spacial score (nSPS) is 19.6. The van der Waals surface area contributed by atoms with Crippen LogP contribution >= 0.6 is 0 Å². The number of ether oxygens (including phenoxy) is 1. The van der Waals surface area contributed by atoms with Gasteiger partial charge >= 0.3 is 16.2 Å². The van der Waals surface area contributed by atoms with Crippen molar-refractivity contribution in [2.45, 2.75) is 51.8 Å². The minimum absolute atomic E-state index is 0.0105. The second-order valence-corrected chi connectivity index (χ2v) is 17.5. The van der Waals surface area contributed by atoms with Gasteiger partial charge in [-0.2, -0.15) is 12.7 Å². The number of nitrogens with one attached hydrogen (secondary N) is 2. The highest BCUT2D eigenvalue weighted by molar-refractivity contribution is 7.90. The van der Waals surface area contributed by atoms with Gasteiger partial charge in [-0.25, -0.2) is 13.8 Å². The van der Waals surface area contributed by atoms with E-state index in [1.54, 1.807) is 6.20 Å². The van der Waals surface area contributed by atoms with E-state index in [-0.39, 0.29) is 42.3 Å². The molecule has 5 heterocycles. The number of benzene rings is 2. The second kappa shape index (κ2) is 16.0. The fraction of sp³-hybridized carbons (Fsp3) is 0.475. The number of likely N-dealkylation sites (tertiary alicyclic amines) is 1. The third-order valence-electron chi connectivity index (χ3n) is 10.6. The van der Waals surface area contributed by atoms with E-state index in [9.17, 15) is 22.4 Å². The van der Waals surface area contributed by atoms with Crippen LogP contribution in [0.5, 0.6) is 0 Å². The lowest BCUT2D eigenvalue weighted by Crippen LogP contribution is -2.49. The van der Waals surface area contributed by atoms with Crippen LogP contribution in [0.15, 0.2) is 60.9 Å². The van der Waals surface area contributed by atoms with Crippen molar-refractivity contribution in [3.8, 4) is 11.1 Å². The Morgan fingerprint density at radius 3 is 2.33 bits per heavy atom. The fourth-order valence-corrected chi connectivity index (χ4v) is 8.96. The number of ketones is 1. The van der Waals surface area contributed by atoms with E-state index >= 15 is 4.39 Å². The zero-order chi connectivity index (χ0) is 38.9. The Labute approximate surface area is 321 Å². The lowest BCUT2D eigenvalue weighted by molar-refractivity contribution is -0.156. The van der Waals surface area contributed by atoms with Crippen molar-refractivity contribution >= 4 is 44.4 Å². The first-order chi connectivity index (χ1) is 26.2. The van der Waals surface area contributed by atoms with Crippen molar-refractivity contribution in [2.24, 2.45) is 5.92 Å². The molecule has 2 aromatic heterocycles. The van der Waals surface area contributed by atoms with E-state index in [1.807, 2.05) is 39.0 Å². The topological polar surface area (TPSA) is 131 Å². The molecule has 2 N–H and O–H groups in total. The Bertz CT molecular complexity index is 2120. The summed E-state index contributed by atoms with van der Waals surface area (Å²) < 4.78 is 63.5. The van der Waals surface area contributed by atoms with Crippen molar-refractivity contribution in [1.29, 1.82) is 0 Å². The Kier molecular flexibility index (Phi) is 11.3. The zero-order valence-electron chi connectivity index (χ0n) is 31.6. The van der Waals surface area contributed by atoms with E-state index in [0.717, 1.165) is 79.8 Å². The summed E-state index contributed by atoms with van der Waals surface area (Å²) in [7, 11) is -4.20. The van der Waals surface area contributed by atoms with Crippen molar-refractivity contribution in [3.05, 3.63) is 77.9 Å². The summed E-state index contributed by atoms with van der Waals surface area (Å²) in [4.78, 5) is 40.6. The highest BCUT2D eigenvalue weighted by atomic mass is 32.2. The molecule has 2 aromatic carbocycles. The number of hydrogen-bond acceptors (Lipinski definition) is 9. The van der Waals surface area contributed by atoms with Gasteiger partial charge in [-0.1, -0.05) is 18.2 Å². The summed E-state index contributed by atoms with van der Waals surface area (Å²) in [5.41, 5.74) is 2.33. The van der Waals surface area contributed by atoms with Crippen molar-refractivity contribution in [2.75, 3.05) is 75.1 Å². The summed E-state index contributed by atoms with van der Waals surface area (Å²) in [5.74, 6) is -1.18. The zero-order valence-corrected chi connectivity index (χ0v) is 32.4. The van der Waals surface area contributed by atoms with Gasteiger partial charge in [0.05, 0.1) is 17.8 Å². The van der Waals surface area contributed by atoms with Crippen LogP contribution in [0.4, 0.5) is 20.2 Å². The highest BCUT2D eigenvalue weighted by Crippen LogP contribution is 2.30. The molecule has 294 valence electrons. The van der Waals surface area contributed by atoms with Gasteiger partial charge in [0, 0.05) is 80.4 Å². The first-order valence-corrected chi connectivity index (χ1v) is 20.4. The molecule has 0 radical (unpaired) electrons. The van der Waals surface area contributed by atoms with Crippen molar-refractivity contribution in [3.63, 3.8) is 0 Å². The third-order valence-corrected chi connectivity index (χ3v) is 12.1. The van der Waals surface area contributed by atoms with Crippen LogP contribution in [0.1, 0.15) is 56.0 Å². The standard InChI is InChI=1S/C40H49F2N7O5S/c1-40(2,3)54-36(50)26-46-14-11-27(12-15-46)24-47-17-19-48(20-18-47)31-9-7-28(8-10-31)29-21-33-34(23-44-39(33)43-22-29)38(51)32-5-4-6-35(37(32)42)45-55(52,53)49-16-13-30(41)25-49/h4-10,21-23,27,30,45H,11-20,24-26H2,1-3H3,(H,43,44)/t30-/m1/s1. The fourth-order valence-electron chi connectivity index (χ4n) is 7.69. The molecule has 0 bridgehead atoms. The number of carbonyl (C=O) groups excluding carboxylic acids is 2. The molecular formula is C40H49F2N7O5S. The summed E-state index contributed by atoms with van der Waals surface area (Å²) in [6.07, 6.45) is 4.16. The monoisotopic (exact) mass is 777 g/mol. The summed E-state index contributed by atoms with van der Waals surface area (Å²) >= 11 is 0. The van der Waals surface area contributed by atoms with E-state index < -0.39 is 33.6 Å². The van der Waals surface area contributed by atoms with Gasteiger partial charge in [-0.15, -0.1) is 0 Å². The number of aromatic nitrogens is 2. The first-order valence-electron chi connectivity index (χ1n) is 19.0. The van der Waals surface area contributed by atoms with E-state index in [1.165, 1.54) is 24.4 Å². The quantitative estimate of drug-likeness (QED) is 0.150. The van der Waals surface area contributed by atoms with Gasteiger partial charge in [-0.3, -0.25) is 24.1 Å². The molecule has 0 unspecified atom stereocenters. The summed E-state index contributed by atoms with van der Waals surface area (Å²) in [6.45, 7) is 12.5. The maximum Gasteiger partial charge on any atom is 0.320 e. The predicted octanol–water partition coefficient (Wildman–Crippen LogP) is 5.48. The van der Waals surface area contributed by atoms with E-state index in [4.69, 9.17) is 4.74 Å². The molecule has 15 heteroatoms. The number of fused-ring (bicyclic) bond motifs is 1. The largest absolute Gasteiger partial charge is 0.459 e. The molecule has 4 aromatic rings. The van der Waals surface area contributed by atoms with Crippen LogP contribution in [-0.4, -0.2) is 121 Å². The first kappa shape index (κ1) is 38.8. The molecule has 3 aliphatic heterocycles. The van der Waals surface area contributed by atoms with Crippen LogP contribution < -0.4 is 9.62 Å². The minimum Gasteiger partial charge on any atom is -0.459 e. The van der Waals surface area contributed by atoms with Gasteiger partial charge in [0.2, 0.25) is 0 Å². The molecule has 0 saturated carbocycles. The van der Waals surface area contributed by atoms with Gasteiger partial charge in [0.15, 0.2) is 11.6 Å². The van der Waals surface area contributed by atoms with Crippen LogP contribution in [0.2, 0.25) is 0 Å². The number of aromatic amines is 1. The number of pyridine rings is 1. The maximum absolute atomic E-state index is 15.7. The Morgan fingerprint density at radius 1 is 0.927 bits per heavy atom. The molecule has 3 saturated heterocycles. The number of nitrogens with zero attached hydrogens (tertiary/aromatic N) is 5. The minimum atomic E-state index is -4.20. The van der Waals surface area contributed by atoms with E-state index in [0.29, 0.717) is 23.5 Å². The van der Waals surface area contributed by atoms with Crippen LogP contribution in [0.25, 0.3) is 22.2 Å². The third kappa shape index (κ3) is 9.17. The molecule has 55 heavy (non-hydrogen) atoms. The number of H-pyrrole nitrogens is 1. The van der Waals surface area contributed by atoms with Gasteiger partial charge < -0.3 is 14.6 Å². The number of piperidine rings is 1. The Balaban J connectivity index is 0.949. The van der Waals surface area contributed by atoms with Gasteiger partial charge in [-0.05, 0) is 94.9 Å². The SMILES string of the molecule is CC(C)(C)OC(=O)CN1CCC(CN2CCN(c3ccc(-c4cnc5[nH]cc(C(=O)c6cccc(NS(=O)(=O)N7CC[C@@H](F)C7)c6F)c5c4)cc3)CC2)CC1. The maximum atomic E-state index is 15.7. The number of esters is 1. The van der Waals surface area contributed by atoms with Crippen molar-refractivity contribution < 1.29 is 31.5 Å². The van der Waals surface area contributed by atoms with Crippen molar-refractivity contribution in [1.82, 2.24) is 24.1 Å². The summed E-state index contributed by atoms with van der Waals surface area (Å²) in [6, 6.07) is 14.0. The smallest absolute Gasteiger partial charge is 0.320 e. The predicted molar refractivity (Wildman–Crippen MR) is 209 cm³/mol. The van der Waals surface area contributed by atoms with Crippen LogP contribution in [0, 0.1) is 11.7 Å². The Hall–Kier alpha value is -4.44. The van der Waals surface area contributed by atoms with Gasteiger partial charge in [0.1, 0.15) is 17.4 Å². The highest BCUT2D eigenvalue weighted by Gasteiger charge is 2.33. The lowest BCUT2D eigenvalue weighted by Gasteiger charge is -2.39. The molecule has 0 spiro atoms. The second-order valence-electron chi connectivity index (χ2n) is 15.8. The average molecular weight is 778 g/mol. The van der Waals surface area contributed by atoms with Crippen LogP contribution in [-0.2, 0) is 19.7 Å². The molecule has 7 rings (SSSR count). The molecule has 3 fully saturated rings. The van der Waals surface area contributed by atoms with E-state index in [2.05, 4.69) is 41.5 Å². The molecule has 12 nitrogen and oxygen atoms in total. The molecule has 0 amide bonds. The molecule has 0 aliphatic carbocycles. The number of alkyl halides is 1. The number of piperazine rings is 1. The number of rotatable bonds is 11. The number of halogens is 2. The lowest BCUT2D eigenvalue weighted by atomic mass is 9.96. The van der Waals surface area contributed by atoms with Crippen LogP contribution in [0.3, 0.4) is 0 Å².